The number of nitrogens with one attached hydrogen (secondary N) is 1. The third-order valence-corrected chi connectivity index (χ3v) is 2.70. The zero-order valence-electron chi connectivity index (χ0n) is 10.1. The summed E-state index contributed by atoms with van der Waals surface area (Å²) in [6.45, 7) is 3.58. The normalized spacial score (nSPS) is 13.4. The van der Waals surface area contributed by atoms with Gasteiger partial charge in [0.1, 0.15) is 6.07 Å². The van der Waals surface area contributed by atoms with Crippen LogP contribution in [0.2, 0.25) is 0 Å². The zero-order chi connectivity index (χ0) is 13.7. The second kappa shape index (κ2) is 5.93. The molecule has 0 aliphatic carbocycles. The van der Waals surface area contributed by atoms with E-state index >= 15 is 0 Å². The number of pyridine rings is 1. The molecule has 0 bridgehead atoms. The minimum Gasteiger partial charge on any atom is -0.396 e. The van der Waals surface area contributed by atoms with Gasteiger partial charge in [0.05, 0.1) is 10.5 Å². The molecule has 2 unspecified atom stereocenters. The summed E-state index contributed by atoms with van der Waals surface area (Å²) >= 11 is 0. The number of hydrogen-bond acceptors (Lipinski definition) is 6. The second-order valence-corrected chi connectivity index (χ2v) is 4.05. The fourth-order valence-corrected chi connectivity index (χ4v) is 1.28. The number of anilines is 1. The number of nitrogens with zero attached hydrogens (tertiary/aromatic N) is 3. The lowest BCUT2D eigenvalue weighted by Gasteiger charge is -2.19. The lowest BCUT2D eigenvalue weighted by molar-refractivity contribution is -0.384. The van der Waals surface area contributed by atoms with Gasteiger partial charge in [-0.1, -0.05) is 6.92 Å². The first-order valence-electron chi connectivity index (χ1n) is 5.41. The third-order valence-electron chi connectivity index (χ3n) is 2.70. The van der Waals surface area contributed by atoms with Gasteiger partial charge in [-0.2, -0.15) is 5.26 Å². The molecular formula is C11H14N4O3. The largest absolute Gasteiger partial charge is 0.396 e. The van der Waals surface area contributed by atoms with E-state index in [1.165, 1.54) is 12.3 Å². The van der Waals surface area contributed by atoms with Crippen LogP contribution in [0.1, 0.15) is 19.4 Å². The molecule has 0 aliphatic rings. The fraction of sp³-hybridized carbons (Fsp3) is 0.455. The zero-order valence-corrected chi connectivity index (χ0v) is 10.1. The van der Waals surface area contributed by atoms with Crippen LogP contribution in [0.5, 0.6) is 0 Å². The molecule has 0 spiro atoms. The molecule has 0 fully saturated rings. The number of nitro groups is 1. The molecule has 0 aliphatic heterocycles. The van der Waals surface area contributed by atoms with E-state index < -0.39 is 4.92 Å². The van der Waals surface area contributed by atoms with E-state index in [2.05, 4.69) is 10.3 Å². The number of rotatable bonds is 5. The van der Waals surface area contributed by atoms with Crippen LogP contribution in [-0.2, 0) is 0 Å². The molecule has 1 heterocycles. The molecule has 7 nitrogen and oxygen atoms in total. The molecule has 0 amide bonds. The van der Waals surface area contributed by atoms with E-state index in [-0.39, 0.29) is 35.6 Å². The van der Waals surface area contributed by atoms with Gasteiger partial charge in [-0.3, -0.25) is 10.1 Å². The Labute approximate surface area is 104 Å². The maximum Gasteiger partial charge on any atom is 0.312 e. The molecule has 0 radical (unpaired) electrons. The molecule has 0 saturated heterocycles. The number of aromatic nitrogens is 1. The van der Waals surface area contributed by atoms with E-state index in [9.17, 15) is 10.1 Å². The van der Waals surface area contributed by atoms with Crippen molar-refractivity contribution in [2.75, 3.05) is 11.9 Å². The van der Waals surface area contributed by atoms with Crippen molar-refractivity contribution in [3.63, 3.8) is 0 Å². The summed E-state index contributed by atoms with van der Waals surface area (Å²) in [6, 6.07) is 2.80. The maximum atomic E-state index is 10.9. The van der Waals surface area contributed by atoms with Crippen molar-refractivity contribution in [3.8, 4) is 6.07 Å². The summed E-state index contributed by atoms with van der Waals surface area (Å²) in [5.74, 6) is 0.0360. The van der Waals surface area contributed by atoms with Crippen LogP contribution in [0.4, 0.5) is 11.5 Å². The number of aliphatic hydroxyl groups is 1. The molecule has 7 heteroatoms. The van der Waals surface area contributed by atoms with E-state index in [4.69, 9.17) is 10.4 Å². The van der Waals surface area contributed by atoms with Gasteiger partial charge in [0, 0.05) is 24.9 Å². The van der Waals surface area contributed by atoms with E-state index in [0.29, 0.717) is 0 Å². The standard InChI is InChI=1S/C11H14N4O3/c1-7(6-16)8(2)14-11-10(15(17)18)3-9(4-12)5-13-11/h3,5,7-8,16H,6H2,1-2H3,(H,13,14). The highest BCUT2D eigenvalue weighted by atomic mass is 16.6. The molecule has 18 heavy (non-hydrogen) atoms. The Bertz CT molecular complexity index is 484. The summed E-state index contributed by atoms with van der Waals surface area (Å²) in [6.07, 6.45) is 1.27. The molecule has 2 N–H and O–H groups in total. The molecule has 0 aromatic carbocycles. The topological polar surface area (TPSA) is 112 Å². The van der Waals surface area contributed by atoms with Crippen LogP contribution in [0.3, 0.4) is 0 Å². The number of nitriles is 1. The molecule has 0 saturated carbocycles. The van der Waals surface area contributed by atoms with Crippen LogP contribution in [0.25, 0.3) is 0 Å². The van der Waals surface area contributed by atoms with Crippen molar-refractivity contribution in [3.05, 3.63) is 27.9 Å². The highest BCUT2D eigenvalue weighted by Gasteiger charge is 2.20. The number of aliphatic hydroxyl groups excluding tert-OH is 1. The van der Waals surface area contributed by atoms with Gasteiger partial charge < -0.3 is 10.4 Å². The lowest BCUT2D eigenvalue weighted by atomic mass is 10.1. The van der Waals surface area contributed by atoms with Crippen LogP contribution >= 0.6 is 0 Å². The summed E-state index contributed by atoms with van der Waals surface area (Å²) in [5.41, 5.74) is -0.110. The second-order valence-electron chi connectivity index (χ2n) is 4.05. The minimum atomic E-state index is -0.591. The monoisotopic (exact) mass is 250 g/mol. The fourth-order valence-electron chi connectivity index (χ4n) is 1.28. The van der Waals surface area contributed by atoms with E-state index in [0.717, 1.165) is 0 Å². The Morgan fingerprint density at radius 1 is 1.67 bits per heavy atom. The Hall–Kier alpha value is -2.20. The highest BCUT2D eigenvalue weighted by molar-refractivity contribution is 5.58. The van der Waals surface area contributed by atoms with E-state index in [1.54, 1.807) is 13.0 Å². The Morgan fingerprint density at radius 3 is 2.83 bits per heavy atom. The van der Waals surface area contributed by atoms with Crippen molar-refractivity contribution in [1.29, 1.82) is 5.26 Å². The highest BCUT2D eigenvalue weighted by Crippen LogP contribution is 2.24. The first kappa shape index (κ1) is 13.9. The van der Waals surface area contributed by atoms with Gasteiger partial charge in [-0.05, 0) is 12.8 Å². The molecule has 2 atom stereocenters. The Kier molecular flexibility index (Phi) is 4.57. The predicted octanol–water partition coefficient (Wildman–Crippen LogP) is 1.29. The summed E-state index contributed by atoms with van der Waals surface area (Å²) in [4.78, 5) is 14.2. The summed E-state index contributed by atoms with van der Waals surface area (Å²) in [5, 5.41) is 31.4. The quantitative estimate of drug-likeness (QED) is 0.601. The van der Waals surface area contributed by atoms with Gasteiger partial charge in [-0.25, -0.2) is 4.98 Å². The number of hydrogen-bond donors (Lipinski definition) is 2. The van der Waals surface area contributed by atoms with Gasteiger partial charge in [0.15, 0.2) is 0 Å². The molecule has 1 aromatic heterocycles. The van der Waals surface area contributed by atoms with Gasteiger partial charge in [-0.15, -0.1) is 0 Å². The molecular weight excluding hydrogens is 236 g/mol. The van der Waals surface area contributed by atoms with Crippen LogP contribution in [0, 0.1) is 27.4 Å². The average molecular weight is 250 g/mol. The van der Waals surface area contributed by atoms with Gasteiger partial charge >= 0.3 is 5.69 Å². The van der Waals surface area contributed by atoms with Crippen LogP contribution in [-0.4, -0.2) is 27.7 Å². The summed E-state index contributed by atoms with van der Waals surface area (Å²) < 4.78 is 0. The Balaban J connectivity index is 3.02. The molecule has 1 rings (SSSR count). The summed E-state index contributed by atoms with van der Waals surface area (Å²) in [7, 11) is 0. The smallest absolute Gasteiger partial charge is 0.312 e. The van der Waals surface area contributed by atoms with Crippen LogP contribution < -0.4 is 5.32 Å². The first-order valence-corrected chi connectivity index (χ1v) is 5.41. The van der Waals surface area contributed by atoms with Gasteiger partial charge in [0.25, 0.3) is 0 Å². The Morgan fingerprint density at radius 2 is 2.33 bits per heavy atom. The predicted molar refractivity (Wildman–Crippen MR) is 64.9 cm³/mol. The van der Waals surface area contributed by atoms with Crippen molar-refractivity contribution in [2.24, 2.45) is 5.92 Å². The minimum absolute atomic E-state index is 0.0295. The van der Waals surface area contributed by atoms with E-state index in [1.807, 2.05) is 6.92 Å². The van der Waals surface area contributed by atoms with Crippen molar-refractivity contribution >= 4 is 11.5 Å². The lowest BCUT2D eigenvalue weighted by Crippen LogP contribution is -2.27. The van der Waals surface area contributed by atoms with Crippen LogP contribution in [0.15, 0.2) is 12.3 Å². The van der Waals surface area contributed by atoms with Crippen molar-refractivity contribution in [2.45, 2.75) is 19.9 Å². The maximum absolute atomic E-state index is 10.9. The third kappa shape index (κ3) is 3.15. The molecule has 1 aromatic rings. The van der Waals surface area contributed by atoms with Gasteiger partial charge in [0.2, 0.25) is 5.82 Å². The van der Waals surface area contributed by atoms with Crippen molar-refractivity contribution < 1.29 is 10.0 Å². The average Bonchev–Trinajstić information content (AvgIpc) is 2.37. The van der Waals surface area contributed by atoms with Crippen molar-refractivity contribution in [1.82, 2.24) is 4.98 Å². The first-order chi connectivity index (χ1) is 8.49. The molecule has 96 valence electrons. The SMILES string of the molecule is CC(CO)C(C)Nc1ncc(C#N)cc1[N+](=O)[O-].